The first-order valence-corrected chi connectivity index (χ1v) is 8.55. The van der Waals surface area contributed by atoms with Crippen LogP contribution >= 0.6 is 0 Å². The Balaban J connectivity index is 1.56. The van der Waals surface area contributed by atoms with E-state index in [0.29, 0.717) is 31.6 Å². The second kappa shape index (κ2) is 10.2. The molecule has 0 aliphatic carbocycles. The Morgan fingerprint density at radius 2 is 1.77 bits per heavy atom. The average Bonchev–Trinajstić information content (AvgIpc) is 2.65. The van der Waals surface area contributed by atoms with Crippen molar-refractivity contribution in [3.8, 4) is 5.75 Å². The smallest absolute Gasteiger partial charge is 0.251 e. The Bertz CT molecular complexity index is 735. The van der Waals surface area contributed by atoms with Crippen molar-refractivity contribution in [1.29, 1.82) is 0 Å². The number of nitrogens with one attached hydrogen (secondary N) is 2. The third-order valence-electron chi connectivity index (χ3n) is 3.73. The molecule has 2 rings (SSSR count). The zero-order valence-electron chi connectivity index (χ0n) is 14.8. The van der Waals surface area contributed by atoms with Crippen LogP contribution in [0.25, 0.3) is 0 Å². The molecule has 0 spiro atoms. The molecule has 0 saturated carbocycles. The summed E-state index contributed by atoms with van der Waals surface area (Å²) in [6.07, 6.45) is 0.958. The van der Waals surface area contributed by atoms with Gasteiger partial charge in [0.05, 0.1) is 6.61 Å². The number of hydrogen-bond acceptors (Lipinski definition) is 3. The van der Waals surface area contributed by atoms with Crippen molar-refractivity contribution in [3.05, 3.63) is 65.5 Å². The fourth-order valence-corrected chi connectivity index (χ4v) is 2.24. The molecule has 0 unspecified atom stereocenters. The minimum Gasteiger partial charge on any atom is -0.494 e. The van der Waals surface area contributed by atoms with Crippen molar-refractivity contribution in [1.82, 2.24) is 10.6 Å². The Kier molecular flexibility index (Phi) is 7.61. The van der Waals surface area contributed by atoms with E-state index in [4.69, 9.17) is 4.74 Å². The topological polar surface area (TPSA) is 67.4 Å². The normalized spacial score (nSPS) is 10.2. The number of para-hydroxylation sites is 1. The molecule has 2 aromatic rings. The van der Waals surface area contributed by atoms with Crippen LogP contribution in [0.3, 0.4) is 0 Å². The number of amides is 2. The van der Waals surface area contributed by atoms with Crippen molar-refractivity contribution in [3.63, 3.8) is 0 Å². The number of rotatable bonds is 9. The molecule has 0 aliphatic rings. The molecule has 0 saturated heterocycles. The second-order valence-electron chi connectivity index (χ2n) is 5.83. The van der Waals surface area contributed by atoms with E-state index in [1.807, 2.05) is 30.3 Å². The highest BCUT2D eigenvalue weighted by atomic mass is 19.1. The Morgan fingerprint density at radius 1 is 1.04 bits per heavy atom. The molecule has 0 bridgehead atoms. The van der Waals surface area contributed by atoms with Gasteiger partial charge in [-0.25, -0.2) is 4.39 Å². The first-order chi connectivity index (χ1) is 12.6. The Labute approximate surface area is 152 Å². The van der Waals surface area contributed by atoms with E-state index in [2.05, 4.69) is 10.6 Å². The highest BCUT2D eigenvalue weighted by Crippen LogP contribution is 2.09. The predicted molar refractivity (Wildman–Crippen MR) is 97.7 cm³/mol. The van der Waals surface area contributed by atoms with Crippen LogP contribution in [0.4, 0.5) is 4.39 Å². The van der Waals surface area contributed by atoms with E-state index in [1.54, 1.807) is 19.1 Å². The van der Waals surface area contributed by atoms with Gasteiger partial charge in [-0.1, -0.05) is 24.3 Å². The standard InChI is InChI=1S/C20H23FN2O3/c1-15-9-10-16(14-18(15)21)20(25)23-12-11-22-19(24)8-5-13-26-17-6-3-2-4-7-17/h2-4,6-7,9-10,14H,5,8,11-13H2,1H3,(H,22,24)(H,23,25). The van der Waals surface area contributed by atoms with E-state index >= 15 is 0 Å². The zero-order chi connectivity index (χ0) is 18.8. The van der Waals surface area contributed by atoms with Crippen molar-refractivity contribution >= 4 is 11.8 Å². The first kappa shape index (κ1) is 19.4. The van der Waals surface area contributed by atoms with Gasteiger partial charge in [-0.15, -0.1) is 0 Å². The summed E-state index contributed by atoms with van der Waals surface area (Å²) in [5.74, 6) is -0.0986. The second-order valence-corrected chi connectivity index (χ2v) is 5.83. The summed E-state index contributed by atoms with van der Waals surface area (Å²) in [7, 11) is 0. The summed E-state index contributed by atoms with van der Waals surface area (Å²) in [6.45, 7) is 2.70. The maximum Gasteiger partial charge on any atom is 0.251 e. The van der Waals surface area contributed by atoms with E-state index < -0.39 is 5.82 Å². The molecular weight excluding hydrogens is 335 g/mol. The molecule has 5 nitrogen and oxygen atoms in total. The fourth-order valence-electron chi connectivity index (χ4n) is 2.24. The third kappa shape index (κ3) is 6.55. The molecule has 0 radical (unpaired) electrons. The maximum absolute atomic E-state index is 13.4. The first-order valence-electron chi connectivity index (χ1n) is 8.55. The van der Waals surface area contributed by atoms with Crippen LogP contribution < -0.4 is 15.4 Å². The van der Waals surface area contributed by atoms with Crippen LogP contribution in [-0.2, 0) is 4.79 Å². The summed E-state index contributed by atoms with van der Waals surface area (Å²) in [5, 5.41) is 5.37. The number of halogens is 1. The number of ether oxygens (including phenoxy) is 1. The van der Waals surface area contributed by atoms with Crippen LogP contribution in [-0.4, -0.2) is 31.5 Å². The van der Waals surface area contributed by atoms with Gasteiger partial charge in [-0.3, -0.25) is 9.59 Å². The molecule has 6 heteroatoms. The molecule has 2 aromatic carbocycles. The molecule has 138 valence electrons. The minimum absolute atomic E-state index is 0.0997. The number of carbonyl (C=O) groups is 2. The summed E-state index contributed by atoms with van der Waals surface area (Å²) in [4.78, 5) is 23.6. The maximum atomic E-state index is 13.4. The molecule has 2 amide bonds. The van der Waals surface area contributed by atoms with Crippen LogP contribution in [0, 0.1) is 12.7 Å². The Morgan fingerprint density at radius 3 is 2.50 bits per heavy atom. The van der Waals surface area contributed by atoms with Crippen molar-refractivity contribution in [2.24, 2.45) is 0 Å². The zero-order valence-corrected chi connectivity index (χ0v) is 14.8. The van der Waals surface area contributed by atoms with Gasteiger partial charge in [0.15, 0.2) is 0 Å². The lowest BCUT2D eigenvalue weighted by molar-refractivity contribution is -0.121. The summed E-state index contributed by atoms with van der Waals surface area (Å²) in [6, 6.07) is 13.8. The van der Waals surface area contributed by atoms with Crippen molar-refractivity contribution in [2.45, 2.75) is 19.8 Å². The fraction of sp³-hybridized carbons (Fsp3) is 0.300. The highest BCUT2D eigenvalue weighted by Gasteiger charge is 2.08. The molecule has 0 aromatic heterocycles. The van der Waals surface area contributed by atoms with Crippen LogP contribution in [0.5, 0.6) is 5.75 Å². The third-order valence-corrected chi connectivity index (χ3v) is 3.73. The van der Waals surface area contributed by atoms with Crippen LogP contribution in [0.1, 0.15) is 28.8 Å². The highest BCUT2D eigenvalue weighted by molar-refractivity contribution is 5.94. The molecule has 26 heavy (non-hydrogen) atoms. The molecule has 0 heterocycles. The van der Waals surface area contributed by atoms with E-state index in [1.165, 1.54) is 6.07 Å². The van der Waals surface area contributed by atoms with Gasteiger partial charge in [0, 0.05) is 25.1 Å². The predicted octanol–water partition coefficient (Wildman–Crippen LogP) is 2.84. The monoisotopic (exact) mass is 358 g/mol. The van der Waals surface area contributed by atoms with E-state index in [-0.39, 0.29) is 23.9 Å². The number of benzene rings is 2. The molecular formula is C20H23FN2O3. The summed E-state index contributed by atoms with van der Waals surface area (Å²) in [5.41, 5.74) is 0.752. The van der Waals surface area contributed by atoms with Crippen molar-refractivity contribution < 1.29 is 18.7 Å². The van der Waals surface area contributed by atoms with Gasteiger partial charge in [0.25, 0.3) is 5.91 Å². The molecule has 0 atom stereocenters. The average molecular weight is 358 g/mol. The van der Waals surface area contributed by atoms with Gasteiger partial charge in [0.2, 0.25) is 5.91 Å². The van der Waals surface area contributed by atoms with E-state index in [0.717, 1.165) is 5.75 Å². The van der Waals surface area contributed by atoms with Crippen LogP contribution in [0.2, 0.25) is 0 Å². The van der Waals surface area contributed by atoms with Gasteiger partial charge in [-0.2, -0.15) is 0 Å². The number of carbonyl (C=O) groups excluding carboxylic acids is 2. The van der Waals surface area contributed by atoms with Gasteiger partial charge in [-0.05, 0) is 43.2 Å². The lowest BCUT2D eigenvalue weighted by Crippen LogP contribution is -2.34. The Hall–Kier alpha value is -2.89. The minimum atomic E-state index is -0.413. The largest absolute Gasteiger partial charge is 0.494 e. The lowest BCUT2D eigenvalue weighted by Gasteiger charge is -2.08. The van der Waals surface area contributed by atoms with Crippen molar-refractivity contribution in [2.75, 3.05) is 19.7 Å². The van der Waals surface area contributed by atoms with Gasteiger partial charge >= 0.3 is 0 Å². The van der Waals surface area contributed by atoms with Gasteiger partial charge < -0.3 is 15.4 Å². The van der Waals surface area contributed by atoms with Crippen LogP contribution in [0.15, 0.2) is 48.5 Å². The number of hydrogen-bond donors (Lipinski definition) is 2. The SMILES string of the molecule is Cc1ccc(C(=O)NCCNC(=O)CCCOc2ccccc2)cc1F. The quantitative estimate of drug-likeness (QED) is 0.678. The van der Waals surface area contributed by atoms with Gasteiger partial charge in [0.1, 0.15) is 11.6 Å². The molecule has 0 fully saturated rings. The van der Waals surface area contributed by atoms with E-state index in [9.17, 15) is 14.0 Å². The number of aryl methyl sites for hydroxylation is 1. The molecule has 0 aliphatic heterocycles. The molecule has 2 N–H and O–H groups in total. The summed E-state index contributed by atoms with van der Waals surface area (Å²) < 4.78 is 19.0. The summed E-state index contributed by atoms with van der Waals surface area (Å²) >= 11 is 0. The lowest BCUT2D eigenvalue weighted by atomic mass is 10.1.